The fourth-order valence-electron chi connectivity index (χ4n) is 12.1. The number of hydrogen-bond donors (Lipinski definition) is 1. The summed E-state index contributed by atoms with van der Waals surface area (Å²) in [6.45, 7) is 38.1. The summed E-state index contributed by atoms with van der Waals surface area (Å²) in [4.78, 5) is 0. The van der Waals surface area contributed by atoms with E-state index >= 15 is 0 Å². The van der Waals surface area contributed by atoms with Crippen molar-refractivity contribution in [3.05, 3.63) is 41.5 Å². The van der Waals surface area contributed by atoms with E-state index in [9.17, 15) is 5.11 Å². The van der Waals surface area contributed by atoms with E-state index in [-0.39, 0.29) is 13.2 Å². The van der Waals surface area contributed by atoms with Crippen LogP contribution in [0.25, 0.3) is 0 Å². The fourth-order valence-corrected chi connectivity index (χ4v) is 12.1. The normalized spacial score (nSPS) is 15.4. The van der Waals surface area contributed by atoms with Gasteiger partial charge in [-0.15, -0.1) is 0 Å². The third-order valence-corrected chi connectivity index (χ3v) is 18.3. The first kappa shape index (κ1) is 74.5. The van der Waals surface area contributed by atoms with Gasteiger partial charge in [0.2, 0.25) is 5.75 Å². The average Bonchev–Trinajstić information content (AvgIpc) is 3.41. The Morgan fingerprint density at radius 3 is 0.889 bits per heavy atom. The summed E-state index contributed by atoms with van der Waals surface area (Å²) in [7, 11) is 1.66. The second-order valence-electron chi connectivity index (χ2n) is 28.8. The van der Waals surface area contributed by atoms with E-state index in [1.54, 1.807) is 7.11 Å². The fraction of sp³-hybridized carbons (Fsp3) is 0.840. The summed E-state index contributed by atoms with van der Waals surface area (Å²) in [5.74, 6) is 12.6. The lowest BCUT2D eigenvalue weighted by atomic mass is 9.91. The Morgan fingerprint density at radius 1 is 0.321 bits per heavy atom. The summed E-state index contributed by atoms with van der Waals surface area (Å²) >= 11 is 0. The van der Waals surface area contributed by atoms with Crippen molar-refractivity contribution in [1.82, 2.24) is 0 Å². The molecule has 2 aromatic carbocycles. The van der Waals surface area contributed by atoms with Gasteiger partial charge in [-0.2, -0.15) is 0 Å². The number of aliphatic hydroxyl groups excluding tert-OH is 1. The Morgan fingerprint density at radius 2 is 0.605 bits per heavy atom. The van der Waals surface area contributed by atoms with Gasteiger partial charge >= 0.3 is 0 Å². The number of hydrogen-bond acceptors (Lipinski definition) is 6. The number of benzene rings is 2. The summed E-state index contributed by atoms with van der Waals surface area (Å²) in [5.41, 5.74) is 1.67. The topological polar surface area (TPSA) is 66.4 Å². The van der Waals surface area contributed by atoms with Crippen LogP contribution in [0.15, 0.2) is 30.3 Å². The molecule has 2 rings (SSSR count). The maximum atomic E-state index is 10.2. The second-order valence-corrected chi connectivity index (χ2v) is 28.8. The highest BCUT2D eigenvalue weighted by Gasteiger charge is 2.20. The largest absolute Gasteiger partial charge is 0.497 e. The van der Waals surface area contributed by atoms with Crippen molar-refractivity contribution in [3.8, 4) is 28.7 Å². The van der Waals surface area contributed by atoms with Gasteiger partial charge in [0.25, 0.3) is 0 Å². The third-order valence-electron chi connectivity index (χ3n) is 18.3. The monoisotopic (exact) mass is 1130 g/mol. The van der Waals surface area contributed by atoms with Gasteiger partial charge < -0.3 is 28.8 Å². The molecule has 0 spiro atoms. The molecule has 6 heteroatoms. The lowest BCUT2D eigenvalue weighted by molar-refractivity contribution is 0.214. The van der Waals surface area contributed by atoms with Gasteiger partial charge in [0.15, 0.2) is 11.5 Å². The SMILES string of the molecule is COc1ccc(CO)c(OCc2cc(OCCC(C)CCC[C@H](C)CCC[C@H](C)CCCC(C)C)c(OCCC(C)CCC[C@H](C)CCC[C@H](C)CCCC(C)C)c(OCCC(C)CCC[C@H](C)CCC[C@H](C)CCCC(C)C)c2)c1. The van der Waals surface area contributed by atoms with E-state index in [1.807, 2.05) is 18.2 Å². The Hall–Kier alpha value is -2.60. The molecule has 0 saturated carbocycles. The van der Waals surface area contributed by atoms with Gasteiger partial charge in [-0.05, 0) is 120 Å². The molecule has 3 unspecified atom stereocenters. The summed E-state index contributed by atoms with van der Waals surface area (Å²) in [5, 5.41) is 10.2. The lowest BCUT2D eigenvalue weighted by Crippen LogP contribution is -2.11. The van der Waals surface area contributed by atoms with Crippen LogP contribution < -0.4 is 23.7 Å². The predicted octanol–water partition coefficient (Wildman–Crippen LogP) is 23.3. The first-order chi connectivity index (χ1) is 38.8. The lowest BCUT2D eigenvalue weighted by Gasteiger charge is -2.21. The standard InChI is InChI=1S/C75H136O6/c1-57(2)26-17-29-60(7)32-20-35-63(10)38-23-41-66(13)46-49-78-73-52-69(56-81-72-54-71(77-16)45-44-70(72)55-76)53-74(79-50-47-67(14)42-24-39-64(11)36-21-33-61(8)30-18-27-58(3)4)75(73)80-51-48-68(15)43-25-40-65(12)37-22-34-62(9)31-19-28-59(5)6/h44-45,52-54,57-68,76H,17-43,46-51,55-56H2,1-16H3/t60-,61-,62-,63-,64-,65-,66?,67?,68?/m1/s1. The molecule has 0 bridgehead atoms. The van der Waals surface area contributed by atoms with E-state index < -0.39 is 0 Å². The van der Waals surface area contributed by atoms with Crippen molar-refractivity contribution in [2.24, 2.45) is 71.0 Å². The highest BCUT2D eigenvalue weighted by atomic mass is 16.5. The van der Waals surface area contributed by atoms with Crippen LogP contribution in [0.3, 0.4) is 0 Å². The van der Waals surface area contributed by atoms with Crippen molar-refractivity contribution in [3.63, 3.8) is 0 Å². The number of rotatable bonds is 53. The van der Waals surface area contributed by atoms with Gasteiger partial charge in [0.05, 0.1) is 33.5 Å². The van der Waals surface area contributed by atoms with Gasteiger partial charge in [-0.3, -0.25) is 0 Å². The summed E-state index contributed by atoms with van der Waals surface area (Å²) in [6.07, 6.45) is 39.1. The molecule has 472 valence electrons. The second kappa shape index (κ2) is 45.7. The first-order valence-electron chi connectivity index (χ1n) is 34.7. The van der Waals surface area contributed by atoms with E-state index in [2.05, 4.69) is 116 Å². The Labute approximate surface area is 504 Å². The highest BCUT2D eigenvalue weighted by Crippen LogP contribution is 2.41. The molecular formula is C75H136O6. The molecule has 0 fully saturated rings. The third kappa shape index (κ3) is 38.1. The Kier molecular flexibility index (Phi) is 42.1. The van der Waals surface area contributed by atoms with Crippen LogP contribution in [0, 0.1) is 71.0 Å². The Bertz CT molecular complexity index is 1720. The summed E-state index contributed by atoms with van der Waals surface area (Å²) < 4.78 is 32.6. The molecule has 81 heavy (non-hydrogen) atoms. The maximum absolute atomic E-state index is 10.2. The maximum Gasteiger partial charge on any atom is 0.203 e. The average molecular weight is 1130 g/mol. The zero-order valence-electron chi connectivity index (χ0n) is 56.6. The van der Waals surface area contributed by atoms with Crippen LogP contribution in [-0.2, 0) is 13.2 Å². The van der Waals surface area contributed by atoms with Crippen LogP contribution >= 0.6 is 0 Å². The van der Waals surface area contributed by atoms with Crippen molar-refractivity contribution >= 4 is 0 Å². The van der Waals surface area contributed by atoms with Gasteiger partial charge in [0.1, 0.15) is 18.1 Å². The number of methoxy groups -OCH3 is 1. The number of aliphatic hydroxyl groups is 1. The predicted molar refractivity (Wildman–Crippen MR) is 352 cm³/mol. The number of ether oxygens (including phenoxy) is 5. The quantitative estimate of drug-likeness (QED) is 0.0712. The molecule has 0 aliphatic heterocycles. The minimum atomic E-state index is -0.117. The van der Waals surface area contributed by atoms with Crippen LogP contribution in [0.4, 0.5) is 0 Å². The van der Waals surface area contributed by atoms with Gasteiger partial charge in [-0.25, -0.2) is 0 Å². The smallest absolute Gasteiger partial charge is 0.203 e. The van der Waals surface area contributed by atoms with Crippen LogP contribution in [0.5, 0.6) is 28.7 Å². The molecule has 6 nitrogen and oxygen atoms in total. The van der Waals surface area contributed by atoms with Crippen molar-refractivity contribution in [2.45, 2.75) is 310 Å². The molecule has 0 aliphatic rings. The summed E-state index contributed by atoms with van der Waals surface area (Å²) in [6, 6.07) is 9.79. The molecule has 0 aliphatic carbocycles. The molecule has 0 heterocycles. The van der Waals surface area contributed by atoms with E-state index in [0.29, 0.717) is 49.1 Å². The van der Waals surface area contributed by atoms with Crippen molar-refractivity contribution in [2.75, 3.05) is 26.9 Å². The van der Waals surface area contributed by atoms with Crippen molar-refractivity contribution in [1.29, 1.82) is 0 Å². The zero-order valence-corrected chi connectivity index (χ0v) is 56.6. The van der Waals surface area contributed by atoms with Gasteiger partial charge in [0, 0.05) is 11.6 Å². The van der Waals surface area contributed by atoms with Crippen molar-refractivity contribution < 1.29 is 28.8 Å². The molecule has 0 saturated heterocycles. The van der Waals surface area contributed by atoms with E-state index in [0.717, 1.165) is 101 Å². The minimum Gasteiger partial charge on any atom is -0.497 e. The van der Waals surface area contributed by atoms with Crippen LogP contribution in [0.2, 0.25) is 0 Å². The van der Waals surface area contributed by atoms with Crippen LogP contribution in [-0.4, -0.2) is 32.0 Å². The molecule has 0 aromatic heterocycles. The molecule has 9 atom stereocenters. The van der Waals surface area contributed by atoms with Gasteiger partial charge in [-0.1, -0.05) is 277 Å². The van der Waals surface area contributed by atoms with E-state index in [1.165, 1.54) is 173 Å². The molecule has 0 radical (unpaired) electrons. The molecular weight excluding hydrogens is 997 g/mol. The van der Waals surface area contributed by atoms with E-state index in [4.69, 9.17) is 23.7 Å². The molecule has 0 amide bonds. The highest BCUT2D eigenvalue weighted by molar-refractivity contribution is 5.54. The Balaban J connectivity index is 2.18. The molecule has 2 aromatic rings. The zero-order chi connectivity index (χ0) is 59.8. The van der Waals surface area contributed by atoms with Crippen LogP contribution in [0.1, 0.15) is 308 Å². The molecule has 1 N–H and O–H groups in total. The minimum absolute atomic E-state index is 0.117. The first-order valence-corrected chi connectivity index (χ1v) is 34.7.